The molecule has 4 atom stereocenters. The van der Waals surface area contributed by atoms with Crippen LogP contribution in [0.15, 0.2) is 60.0 Å². The number of benzene rings is 2. The second kappa shape index (κ2) is 36.6. The van der Waals surface area contributed by atoms with Gasteiger partial charge in [0.25, 0.3) is 5.91 Å². The number of unbranched alkanes of at least 4 members (excludes halogenated alkanes) is 13. The Labute approximate surface area is 528 Å². The second-order valence-electron chi connectivity index (χ2n) is 25.8. The third-order valence-electron chi connectivity index (χ3n) is 14.0. The Morgan fingerprint density at radius 3 is 1.78 bits per heavy atom. The van der Waals surface area contributed by atoms with Crippen molar-refractivity contribution in [2.45, 2.75) is 232 Å². The summed E-state index contributed by atoms with van der Waals surface area (Å²) in [6.45, 7) is 15.6. The molecule has 23 heteroatoms. The lowest BCUT2D eigenvalue weighted by atomic mass is 10.0. The predicted molar refractivity (Wildman–Crippen MR) is 337 cm³/mol. The van der Waals surface area contributed by atoms with E-state index in [2.05, 4.69) is 26.6 Å². The van der Waals surface area contributed by atoms with E-state index in [9.17, 15) is 42.7 Å². The van der Waals surface area contributed by atoms with Gasteiger partial charge >= 0.3 is 18.0 Å². The maximum absolute atomic E-state index is 16.9. The first kappa shape index (κ1) is 74.5. The number of amides is 6. The van der Waals surface area contributed by atoms with E-state index in [-0.39, 0.29) is 55.7 Å². The molecular weight excluding hydrogens is 1170 g/mol. The number of rotatable bonds is 36. The van der Waals surface area contributed by atoms with Gasteiger partial charge in [-0.1, -0.05) is 77.0 Å². The molecule has 1 aliphatic heterocycles. The van der Waals surface area contributed by atoms with Crippen LogP contribution in [0.25, 0.3) is 0 Å². The summed E-state index contributed by atoms with van der Waals surface area (Å²) in [6, 6.07) is 9.83. The van der Waals surface area contributed by atoms with Gasteiger partial charge in [-0.3, -0.25) is 39.5 Å². The van der Waals surface area contributed by atoms with E-state index < -0.39 is 108 Å². The van der Waals surface area contributed by atoms with E-state index in [0.717, 1.165) is 49.8 Å². The number of amidine groups is 1. The third kappa shape index (κ3) is 30.4. The highest BCUT2D eigenvalue weighted by molar-refractivity contribution is 7.10. The fourth-order valence-electron chi connectivity index (χ4n) is 9.62. The molecule has 0 aliphatic carbocycles. The fourth-order valence-corrected chi connectivity index (χ4v) is 10.5. The quantitative estimate of drug-likeness (QED) is 0.0104. The highest BCUT2D eigenvalue weighted by atomic mass is 32.1. The molecule has 6 N–H and O–H groups in total. The molecule has 1 fully saturated rings. The summed E-state index contributed by atoms with van der Waals surface area (Å²) in [5.74, 6) is -3.56. The summed E-state index contributed by atoms with van der Waals surface area (Å²) in [5.41, 5.74) is -3.80. The van der Waals surface area contributed by atoms with Crippen molar-refractivity contribution in [3.8, 4) is 11.5 Å². The van der Waals surface area contributed by atoms with Crippen LogP contribution in [0.3, 0.4) is 0 Å². The van der Waals surface area contributed by atoms with Crippen LogP contribution < -0.4 is 31.3 Å². The maximum atomic E-state index is 16.9. The summed E-state index contributed by atoms with van der Waals surface area (Å²) in [4.78, 5) is 106. The smallest absolute Gasteiger partial charge is 0.413 e. The molecule has 89 heavy (non-hydrogen) atoms. The molecular formula is C66H97F2N7O13S. The molecule has 1 saturated heterocycles. The monoisotopic (exact) mass is 1270 g/mol. The summed E-state index contributed by atoms with van der Waals surface area (Å²) in [5, 5.41) is 23.2. The topological polar surface area (TPSA) is 270 Å². The molecule has 20 nitrogen and oxygen atoms in total. The molecule has 6 amide bonds. The van der Waals surface area contributed by atoms with Gasteiger partial charge in [-0.15, -0.1) is 11.3 Å². The average molecular weight is 1270 g/mol. The van der Waals surface area contributed by atoms with Gasteiger partial charge in [-0.05, 0) is 143 Å². The van der Waals surface area contributed by atoms with E-state index in [4.69, 9.17) is 29.1 Å². The van der Waals surface area contributed by atoms with Crippen LogP contribution in [0, 0.1) is 11.2 Å². The van der Waals surface area contributed by atoms with Crippen LogP contribution in [0.2, 0.25) is 0 Å². The van der Waals surface area contributed by atoms with Crippen molar-refractivity contribution in [3.63, 3.8) is 0 Å². The number of likely N-dealkylation sites (tertiary alicyclic amines) is 1. The van der Waals surface area contributed by atoms with E-state index in [1.807, 2.05) is 20.8 Å². The van der Waals surface area contributed by atoms with Crippen LogP contribution in [-0.4, -0.2) is 126 Å². The average Bonchev–Trinajstić information content (AvgIpc) is 1.79. The Hall–Kier alpha value is -7.01. The Morgan fingerprint density at radius 1 is 0.674 bits per heavy atom. The number of halogens is 2. The highest BCUT2D eigenvalue weighted by Gasteiger charge is 2.50. The van der Waals surface area contributed by atoms with Gasteiger partial charge < -0.3 is 49.9 Å². The minimum atomic E-state index is -2.25. The summed E-state index contributed by atoms with van der Waals surface area (Å²) < 4.78 is 57.8. The molecule has 3 aromatic rings. The van der Waals surface area contributed by atoms with Crippen LogP contribution in [0.4, 0.5) is 13.6 Å². The number of alkyl carbamates (subject to hydrolysis) is 1. The van der Waals surface area contributed by atoms with Crippen molar-refractivity contribution >= 4 is 64.7 Å². The largest absolute Gasteiger partial charge is 0.460 e. The van der Waals surface area contributed by atoms with Crippen molar-refractivity contribution < 1.29 is 70.8 Å². The summed E-state index contributed by atoms with van der Waals surface area (Å²) in [7, 11) is 0. The van der Waals surface area contributed by atoms with E-state index in [1.54, 1.807) is 59.9 Å². The number of esters is 2. The fraction of sp³-hybridized carbons (Fsp3) is 0.621. The zero-order valence-corrected chi connectivity index (χ0v) is 54.7. The van der Waals surface area contributed by atoms with Gasteiger partial charge in [0.05, 0.1) is 32.3 Å². The molecule has 2 heterocycles. The number of carbonyl (C=O) groups is 8. The lowest BCUT2D eigenvalue weighted by Crippen LogP contribution is -2.49. The lowest BCUT2D eigenvalue weighted by molar-refractivity contribution is -0.159. The van der Waals surface area contributed by atoms with Gasteiger partial charge in [0.15, 0.2) is 5.67 Å². The zero-order valence-electron chi connectivity index (χ0n) is 53.9. The molecule has 0 saturated carbocycles. The number of alkyl halides is 1. The zero-order chi connectivity index (χ0) is 65.8. The van der Waals surface area contributed by atoms with E-state index in [0.29, 0.717) is 34.8 Å². The van der Waals surface area contributed by atoms with Crippen molar-refractivity contribution in [2.75, 3.05) is 32.8 Å². The lowest BCUT2D eigenvalue weighted by Gasteiger charge is -2.25. The third-order valence-corrected chi connectivity index (χ3v) is 15.1. The molecule has 0 bridgehead atoms. The van der Waals surface area contributed by atoms with Gasteiger partial charge in [0.2, 0.25) is 23.6 Å². The van der Waals surface area contributed by atoms with Gasteiger partial charge in [0.1, 0.15) is 52.0 Å². The van der Waals surface area contributed by atoms with Crippen LogP contribution >= 0.6 is 11.3 Å². The molecule has 0 unspecified atom stereocenters. The first-order chi connectivity index (χ1) is 41.9. The van der Waals surface area contributed by atoms with Crippen molar-refractivity contribution in [2.24, 2.45) is 0 Å². The van der Waals surface area contributed by atoms with E-state index in [1.165, 1.54) is 98.4 Å². The summed E-state index contributed by atoms with van der Waals surface area (Å²) >= 11 is 1.20. The Balaban J connectivity index is 1.22. The maximum Gasteiger partial charge on any atom is 0.413 e. The number of nitrogens with one attached hydrogen (secondary N) is 6. The van der Waals surface area contributed by atoms with Crippen molar-refractivity contribution in [3.05, 3.63) is 81.8 Å². The normalized spacial score (nSPS) is 15.7. The van der Waals surface area contributed by atoms with Gasteiger partial charge in [-0.25, -0.2) is 18.4 Å². The van der Waals surface area contributed by atoms with Crippen LogP contribution in [-0.2, 0) is 47.7 Å². The van der Waals surface area contributed by atoms with E-state index >= 15 is 4.39 Å². The molecule has 1 aliphatic rings. The van der Waals surface area contributed by atoms with Gasteiger partial charge in [0, 0.05) is 53.6 Å². The van der Waals surface area contributed by atoms with Crippen molar-refractivity contribution in [1.29, 1.82) is 5.41 Å². The van der Waals surface area contributed by atoms with Crippen LogP contribution in [0.5, 0.6) is 11.5 Å². The number of ether oxygens (including phenoxy) is 5. The SMILES string of the molecule is C[C@@H](NC(=O)[C@@H]1C[C@](F)(COCCNC(=O)CC[C@H](NC(=O)CCCCCCCCCCCCCCCCC(=O)OC(C)(C)C)C(=O)OC(C)(C)C)CN1C(=O)CNC(=O)c1ccc(Oc2ccc(F)cc2)cc1)c1cc(C(=N)NC(=O)OC(C)(C)C)cs1. The molecule has 494 valence electrons. The minimum Gasteiger partial charge on any atom is -0.460 e. The highest BCUT2D eigenvalue weighted by Crippen LogP contribution is 2.33. The first-order valence-corrected chi connectivity index (χ1v) is 32.1. The number of nitrogens with zero attached hydrogens (tertiary/aromatic N) is 1. The molecule has 1 aromatic heterocycles. The second-order valence-corrected chi connectivity index (χ2v) is 26.7. The van der Waals surface area contributed by atoms with Crippen molar-refractivity contribution in [1.82, 2.24) is 31.5 Å². The van der Waals surface area contributed by atoms with Crippen LogP contribution in [0.1, 0.15) is 218 Å². The Kier molecular flexibility index (Phi) is 30.6. The number of carbonyl (C=O) groups excluding carboxylic acids is 8. The minimum absolute atomic E-state index is 0.0358. The number of hydrogen-bond acceptors (Lipinski definition) is 15. The molecule has 0 radical (unpaired) electrons. The molecule has 2 aromatic carbocycles. The number of thiophene rings is 1. The first-order valence-electron chi connectivity index (χ1n) is 31.2. The van der Waals surface area contributed by atoms with Gasteiger partial charge in [-0.2, -0.15) is 0 Å². The predicted octanol–water partition coefficient (Wildman–Crippen LogP) is 11.8. The molecule has 0 spiro atoms. The number of hydrogen-bond donors (Lipinski definition) is 6. The Morgan fingerprint density at radius 2 is 1.21 bits per heavy atom. The standard InChI is InChI=1S/C66H97F2N7O13S/c1-45(53-39-47(42-89-53)58(69)74-62(83)88-65(8,9)10)72-60(81)52-40-66(68,43-75(52)56(78)41-71-59(80)46-27-31-49(32-28-46)85-50-33-29-48(67)30-34-50)44-84-38-37-70-54(76)36-35-51(61(82)87-64(5,6)7)73-55(77)25-23-21-19-17-15-13-11-12-14-16-18-20-22-24-26-57(79)86-63(2,3)4/h27-34,39,42,45,51-52H,11-26,35-38,40-41,43-44H2,1-10H3,(H,70,76)(H,71,80)(H,72,81)(H,73,77)(H2,69,74,83)/t45-,51+,52+,66-/m1/s1. The Bertz CT molecular complexity index is 2780. The summed E-state index contributed by atoms with van der Waals surface area (Å²) in [6.07, 6.45) is 14.3. The molecule has 4 rings (SSSR count).